The lowest BCUT2D eigenvalue weighted by Crippen LogP contribution is -2.25. The predicted octanol–water partition coefficient (Wildman–Crippen LogP) is 4.65. The van der Waals surface area contributed by atoms with Crippen LogP contribution in [0.2, 0.25) is 5.02 Å². The molecule has 1 N–H and O–H groups in total. The van der Waals surface area contributed by atoms with E-state index in [2.05, 4.69) is 5.32 Å². The largest absolute Gasteiger partial charge is 0.325 e. The molecule has 0 aliphatic carbocycles. The van der Waals surface area contributed by atoms with Crippen molar-refractivity contribution >= 4 is 45.6 Å². The highest BCUT2D eigenvalue weighted by Crippen LogP contribution is 2.40. The smallest absolute Gasteiger partial charge is 0.258 e. The number of carbonyl (C=O) groups is 2. The fourth-order valence-corrected chi connectivity index (χ4v) is 3.58. The Hall–Kier alpha value is -2.85. The van der Waals surface area contributed by atoms with Gasteiger partial charge in [-0.15, -0.1) is 0 Å². The molecule has 0 saturated carbocycles. The molecule has 1 aliphatic rings. The van der Waals surface area contributed by atoms with Gasteiger partial charge in [-0.25, -0.2) is 0 Å². The lowest BCUT2D eigenvalue weighted by Gasteiger charge is -2.15. The molecule has 3 aromatic rings. The Balaban J connectivity index is 1.66. The summed E-state index contributed by atoms with van der Waals surface area (Å²) in [7, 11) is 0. The fourth-order valence-electron chi connectivity index (χ4n) is 3.45. The van der Waals surface area contributed by atoms with E-state index < -0.39 is 0 Å². The van der Waals surface area contributed by atoms with Crippen molar-refractivity contribution < 1.29 is 9.59 Å². The third-order valence-electron chi connectivity index (χ3n) is 4.65. The van der Waals surface area contributed by atoms with Gasteiger partial charge in [0.05, 0.1) is 12.1 Å². The molecule has 0 saturated heterocycles. The van der Waals surface area contributed by atoms with Crippen LogP contribution in [0.5, 0.6) is 0 Å². The summed E-state index contributed by atoms with van der Waals surface area (Å²) in [5.41, 5.74) is 3.20. The Bertz CT molecular complexity index is 1030. The highest BCUT2D eigenvalue weighted by molar-refractivity contribution is 6.30. The minimum absolute atomic E-state index is 0.0118. The lowest BCUT2D eigenvalue weighted by molar-refractivity contribution is -0.115. The number of hydrogen-bond donors (Lipinski definition) is 1. The number of nitrogens with zero attached hydrogens (tertiary/aromatic N) is 1. The average Bonchev–Trinajstić information content (AvgIpc) is 2.92. The molecule has 3 aromatic carbocycles. The van der Waals surface area contributed by atoms with E-state index in [9.17, 15) is 9.59 Å². The maximum Gasteiger partial charge on any atom is 0.258 e. The SMILES string of the molecule is CCN1C(=O)c2cccc3c(NC(=O)Cc4ccc(Cl)cc4)ccc1c23. The van der Waals surface area contributed by atoms with E-state index in [4.69, 9.17) is 11.6 Å². The van der Waals surface area contributed by atoms with Crippen LogP contribution in [0.1, 0.15) is 22.8 Å². The number of nitrogens with one attached hydrogen (secondary N) is 1. The molecule has 0 fully saturated rings. The molecule has 26 heavy (non-hydrogen) atoms. The number of halogens is 1. The van der Waals surface area contributed by atoms with Gasteiger partial charge in [0, 0.05) is 33.6 Å². The van der Waals surface area contributed by atoms with Crippen LogP contribution in [0, 0.1) is 0 Å². The van der Waals surface area contributed by atoms with Crippen molar-refractivity contribution in [2.75, 3.05) is 16.8 Å². The van der Waals surface area contributed by atoms with Gasteiger partial charge in [-0.3, -0.25) is 9.59 Å². The van der Waals surface area contributed by atoms with Crippen LogP contribution in [-0.4, -0.2) is 18.4 Å². The number of hydrogen-bond acceptors (Lipinski definition) is 2. The molecule has 2 amide bonds. The van der Waals surface area contributed by atoms with Crippen molar-refractivity contribution in [2.24, 2.45) is 0 Å². The zero-order valence-corrected chi connectivity index (χ0v) is 15.0. The molecule has 130 valence electrons. The van der Waals surface area contributed by atoms with Crippen molar-refractivity contribution in [1.29, 1.82) is 0 Å². The van der Waals surface area contributed by atoms with Crippen LogP contribution in [0.4, 0.5) is 11.4 Å². The van der Waals surface area contributed by atoms with E-state index >= 15 is 0 Å². The van der Waals surface area contributed by atoms with E-state index in [1.165, 1.54) is 0 Å². The molecule has 4 nitrogen and oxygen atoms in total. The molecule has 0 radical (unpaired) electrons. The van der Waals surface area contributed by atoms with Gasteiger partial charge < -0.3 is 10.2 Å². The fraction of sp³-hybridized carbons (Fsp3) is 0.143. The molecule has 0 atom stereocenters. The van der Waals surface area contributed by atoms with E-state index in [1.54, 1.807) is 17.0 Å². The molecule has 0 aromatic heterocycles. The molecule has 5 heteroatoms. The Morgan fingerprint density at radius 2 is 1.85 bits per heavy atom. The number of amides is 2. The van der Waals surface area contributed by atoms with Crippen LogP contribution >= 0.6 is 11.6 Å². The molecular formula is C21H17ClN2O2. The van der Waals surface area contributed by atoms with Crippen LogP contribution in [0.15, 0.2) is 54.6 Å². The lowest BCUT2D eigenvalue weighted by atomic mass is 10.0. The maximum atomic E-state index is 12.5. The number of anilines is 2. The Morgan fingerprint density at radius 1 is 1.08 bits per heavy atom. The number of benzene rings is 3. The molecule has 0 spiro atoms. The summed E-state index contributed by atoms with van der Waals surface area (Å²) < 4.78 is 0. The monoisotopic (exact) mass is 364 g/mol. The Kier molecular flexibility index (Phi) is 4.13. The van der Waals surface area contributed by atoms with E-state index in [0.717, 1.165) is 27.7 Å². The van der Waals surface area contributed by atoms with E-state index in [1.807, 2.05) is 49.4 Å². The summed E-state index contributed by atoms with van der Waals surface area (Å²) in [6.45, 7) is 2.57. The van der Waals surface area contributed by atoms with Crippen LogP contribution in [0.25, 0.3) is 10.8 Å². The first-order valence-corrected chi connectivity index (χ1v) is 8.88. The van der Waals surface area contributed by atoms with Gasteiger partial charge in [0.1, 0.15) is 0 Å². The zero-order valence-electron chi connectivity index (χ0n) is 14.3. The van der Waals surface area contributed by atoms with Crippen LogP contribution < -0.4 is 10.2 Å². The standard InChI is InChI=1S/C21H17ClN2O2/c1-2-24-18-11-10-17(15-4-3-5-16(20(15)18)21(24)26)23-19(25)12-13-6-8-14(22)9-7-13/h3-11H,2,12H2,1H3,(H,23,25). The van der Waals surface area contributed by atoms with Gasteiger partial charge in [-0.1, -0.05) is 35.9 Å². The summed E-state index contributed by atoms with van der Waals surface area (Å²) >= 11 is 5.88. The van der Waals surface area contributed by atoms with Gasteiger partial charge in [-0.05, 0) is 42.8 Å². The first kappa shape index (κ1) is 16.6. The predicted molar refractivity (Wildman–Crippen MR) is 105 cm³/mol. The minimum Gasteiger partial charge on any atom is -0.325 e. The normalized spacial score (nSPS) is 12.7. The highest BCUT2D eigenvalue weighted by atomic mass is 35.5. The first-order valence-electron chi connectivity index (χ1n) is 8.50. The second-order valence-corrected chi connectivity index (χ2v) is 6.70. The van der Waals surface area contributed by atoms with Crippen LogP contribution in [-0.2, 0) is 11.2 Å². The second kappa shape index (κ2) is 6.46. The van der Waals surface area contributed by atoms with Gasteiger partial charge in [0.15, 0.2) is 0 Å². The Labute approximate surface area is 156 Å². The zero-order chi connectivity index (χ0) is 18.3. The van der Waals surface area contributed by atoms with Crippen molar-refractivity contribution in [3.05, 3.63) is 70.7 Å². The average molecular weight is 365 g/mol. The van der Waals surface area contributed by atoms with E-state index in [-0.39, 0.29) is 18.2 Å². The summed E-state index contributed by atoms with van der Waals surface area (Å²) in [6.07, 6.45) is 0.264. The summed E-state index contributed by atoms with van der Waals surface area (Å²) in [5.74, 6) is -0.0950. The van der Waals surface area contributed by atoms with Gasteiger partial charge in [-0.2, -0.15) is 0 Å². The molecule has 1 aliphatic heterocycles. The third-order valence-corrected chi connectivity index (χ3v) is 4.91. The van der Waals surface area contributed by atoms with E-state index in [0.29, 0.717) is 17.1 Å². The topological polar surface area (TPSA) is 49.4 Å². The quantitative estimate of drug-likeness (QED) is 0.732. The molecule has 0 unspecified atom stereocenters. The van der Waals surface area contributed by atoms with Crippen molar-refractivity contribution in [1.82, 2.24) is 0 Å². The van der Waals surface area contributed by atoms with Crippen molar-refractivity contribution in [3.63, 3.8) is 0 Å². The van der Waals surface area contributed by atoms with Gasteiger partial charge in [0.25, 0.3) is 5.91 Å². The van der Waals surface area contributed by atoms with Gasteiger partial charge in [0.2, 0.25) is 5.91 Å². The molecule has 4 rings (SSSR count). The Morgan fingerprint density at radius 3 is 2.58 bits per heavy atom. The summed E-state index contributed by atoms with van der Waals surface area (Å²) in [6, 6.07) is 16.6. The van der Waals surface area contributed by atoms with Gasteiger partial charge >= 0.3 is 0 Å². The first-order chi connectivity index (χ1) is 12.6. The molecular weight excluding hydrogens is 348 g/mol. The maximum absolute atomic E-state index is 12.5. The number of carbonyl (C=O) groups excluding carboxylic acids is 2. The number of rotatable bonds is 4. The van der Waals surface area contributed by atoms with Crippen molar-refractivity contribution in [2.45, 2.75) is 13.3 Å². The molecule has 0 bridgehead atoms. The third kappa shape index (κ3) is 2.72. The minimum atomic E-state index is -0.107. The van der Waals surface area contributed by atoms with Crippen LogP contribution in [0.3, 0.4) is 0 Å². The van der Waals surface area contributed by atoms with Crippen molar-refractivity contribution in [3.8, 4) is 0 Å². The second-order valence-electron chi connectivity index (χ2n) is 6.26. The molecule has 1 heterocycles. The summed E-state index contributed by atoms with van der Waals surface area (Å²) in [5, 5.41) is 5.41. The summed E-state index contributed by atoms with van der Waals surface area (Å²) in [4.78, 5) is 26.8. The highest BCUT2D eigenvalue weighted by Gasteiger charge is 2.29.